The summed E-state index contributed by atoms with van der Waals surface area (Å²) in [5, 5.41) is 2.08. The zero-order valence-electron chi connectivity index (χ0n) is 12.0. The number of thiophene rings is 1. The van der Waals surface area contributed by atoms with Crippen molar-refractivity contribution in [3.8, 4) is 11.5 Å². The Morgan fingerprint density at radius 2 is 1.95 bits per heavy atom. The van der Waals surface area contributed by atoms with Gasteiger partial charge in [-0.3, -0.25) is 0 Å². The zero-order valence-corrected chi connectivity index (χ0v) is 12.8. The molecule has 0 bridgehead atoms. The van der Waals surface area contributed by atoms with E-state index < -0.39 is 0 Å². The minimum atomic E-state index is 0.173. The maximum Gasteiger partial charge on any atom is 0.126 e. The van der Waals surface area contributed by atoms with Crippen LogP contribution in [-0.4, -0.2) is 19.8 Å². The molecule has 108 valence electrons. The lowest BCUT2D eigenvalue weighted by Crippen LogP contribution is -2.14. The van der Waals surface area contributed by atoms with Crippen molar-refractivity contribution in [2.75, 3.05) is 19.8 Å². The summed E-state index contributed by atoms with van der Waals surface area (Å²) in [5.41, 5.74) is 7.10. The summed E-state index contributed by atoms with van der Waals surface area (Å²) in [7, 11) is 0. The van der Waals surface area contributed by atoms with Crippen molar-refractivity contribution >= 4 is 11.3 Å². The quantitative estimate of drug-likeness (QED) is 0.847. The average Bonchev–Trinajstić information content (AvgIpc) is 2.96. The van der Waals surface area contributed by atoms with Gasteiger partial charge in [0, 0.05) is 29.0 Å². The largest absolute Gasteiger partial charge is 0.494 e. The van der Waals surface area contributed by atoms with Gasteiger partial charge < -0.3 is 15.2 Å². The van der Waals surface area contributed by atoms with Crippen molar-refractivity contribution in [2.45, 2.75) is 19.8 Å². The number of nitrogens with two attached hydrogens (primary N) is 1. The smallest absolute Gasteiger partial charge is 0.126 e. The molecule has 1 aromatic carbocycles. The molecule has 3 nitrogen and oxygen atoms in total. The molecule has 20 heavy (non-hydrogen) atoms. The van der Waals surface area contributed by atoms with Crippen molar-refractivity contribution in [3.05, 3.63) is 46.2 Å². The van der Waals surface area contributed by atoms with E-state index in [1.165, 1.54) is 4.88 Å². The van der Waals surface area contributed by atoms with E-state index in [2.05, 4.69) is 23.6 Å². The summed E-state index contributed by atoms with van der Waals surface area (Å²) >= 11 is 1.72. The minimum Gasteiger partial charge on any atom is -0.494 e. The van der Waals surface area contributed by atoms with Crippen LogP contribution in [0.4, 0.5) is 0 Å². The number of hydrogen-bond acceptors (Lipinski definition) is 4. The molecule has 1 atom stereocenters. The normalized spacial score (nSPS) is 12.2. The fourth-order valence-corrected chi connectivity index (χ4v) is 3.08. The maximum absolute atomic E-state index is 5.98. The number of hydrogen-bond donors (Lipinski definition) is 1. The lowest BCUT2D eigenvalue weighted by atomic mass is 9.96. The molecule has 4 heteroatoms. The van der Waals surface area contributed by atoms with Gasteiger partial charge in [0.25, 0.3) is 0 Å². The first kappa shape index (κ1) is 14.9. The summed E-state index contributed by atoms with van der Waals surface area (Å²) in [4.78, 5) is 1.26. The molecule has 0 fully saturated rings. The van der Waals surface area contributed by atoms with Gasteiger partial charge in [-0.2, -0.15) is 0 Å². The first-order valence-electron chi connectivity index (χ1n) is 6.93. The highest BCUT2D eigenvalue weighted by molar-refractivity contribution is 7.10. The van der Waals surface area contributed by atoms with E-state index >= 15 is 0 Å². The third kappa shape index (κ3) is 3.32. The van der Waals surface area contributed by atoms with Crippen molar-refractivity contribution in [2.24, 2.45) is 5.73 Å². The Morgan fingerprint density at radius 3 is 2.55 bits per heavy atom. The van der Waals surface area contributed by atoms with Crippen molar-refractivity contribution in [3.63, 3.8) is 0 Å². The van der Waals surface area contributed by atoms with Gasteiger partial charge in [0.2, 0.25) is 0 Å². The highest BCUT2D eigenvalue weighted by Crippen LogP contribution is 2.35. The van der Waals surface area contributed by atoms with Crippen LogP contribution >= 0.6 is 11.3 Å². The lowest BCUT2D eigenvalue weighted by Gasteiger charge is -2.19. The van der Waals surface area contributed by atoms with Crippen LogP contribution in [0.3, 0.4) is 0 Å². The molecule has 1 aromatic heterocycles. The maximum atomic E-state index is 5.98. The molecular weight excluding hydrogens is 270 g/mol. The lowest BCUT2D eigenvalue weighted by molar-refractivity contribution is 0.320. The second kappa shape index (κ2) is 7.31. The standard InChI is InChI=1S/C16H21NO2S/c1-3-18-12-7-8-13(15(10-12)19-4-2)14(11-17)16-6-5-9-20-16/h5-10,14H,3-4,11,17H2,1-2H3. The Balaban J connectivity index is 2.37. The van der Waals surface area contributed by atoms with Crippen LogP contribution in [0.1, 0.15) is 30.2 Å². The summed E-state index contributed by atoms with van der Waals surface area (Å²) in [6.07, 6.45) is 0. The summed E-state index contributed by atoms with van der Waals surface area (Å²) < 4.78 is 11.3. The van der Waals surface area contributed by atoms with E-state index in [0.29, 0.717) is 19.8 Å². The summed E-state index contributed by atoms with van der Waals surface area (Å²) in [5.74, 6) is 1.87. The molecule has 0 aliphatic rings. The first-order valence-corrected chi connectivity index (χ1v) is 7.81. The van der Waals surface area contributed by atoms with E-state index in [0.717, 1.165) is 17.1 Å². The molecule has 0 amide bonds. The van der Waals surface area contributed by atoms with Crippen molar-refractivity contribution in [1.82, 2.24) is 0 Å². The van der Waals surface area contributed by atoms with Crippen LogP contribution in [0.5, 0.6) is 11.5 Å². The fourth-order valence-electron chi connectivity index (χ4n) is 2.23. The molecular formula is C16H21NO2S. The third-order valence-electron chi connectivity index (χ3n) is 3.09. The Bertz CT molecular complexity index is 525. The third-order valence-corrected chi connectivity index (χ3v) is 4.08. The van der Waals surface area contributed by atoms with Gasteiger partial charge in [-0.1, -0.05) is 12.1 Å². The van der Waals surface area contributed by atoms with E-state index in [-0.39, 0.29) is 5.92 Å². The van der Waals surface area contributed by atoms with Crippen LogP contribution < -0.4 is 15.2 Å². The van der Waals surface area contributed by atoms with E-state index in [4.69, 9.17) is 15.2 Å². The van der Waals surface area contributed by atoms with Crippen LogP contribution in [0.2, 0.25) is 0 Å². The predicted octanol–water partition coefficient (Wildman–Crippen LogP) is 3.64. The van der Waals surface area contributed by atoms with E-state index in [1.54, 1.807) is 11.3 Å². The zero-order chi connectivity index (χ0) is 14.4. The van der Waals surface area contributed by atoms with Gasteiger partial charge in [-0.15, -0.1) is 11.3 Å². The van der Waals surface area contributed by atoms with Gasteiger partial charge in [-0.05, 0) is 31.4 Å². The highest BCUT2D eigenvalue weighted by Gasteiger charge is 2.18. The van der Waals surface area contributed by atoms with Crippen LogP contribution in [0.25, 0.3) is 0 Å². The summed E-state index contributed by atoms with van der Waals surface area (Å²) in [6.45, 7) is 5.80. The Hall–Kier alpha value is -1.52. The molecule has 0 aliphatic carbocycles. The molecule has 0 saturated carbocycles. The molecule has 2 aromatic rings. The van der Waals surface area contributed by atoms with Gasteiger partial charge in [0.15, 0.2) is 0 Å². The Kier molecular flexibility index (Phi) is 5.44. The number of benzene rings is 1. The van der Waals surface area contributed by atoms with E-state index in [9.17, 15) is 0 Å². The first-order chi connectivity index (χ1) is 9.80. The summed E-state index contributed by atoms with van der Waals surface area (Å²) in [6, 6.07) is 10.2. The Morgan fingerprint density at radius 1 is 1.15 bits per heavy atom. The molecule has 0 spiro atoms. The Labute approximate surface area is 124 Å². The molecule has 1 heterocycles. The average molecular weight is 291 g/mol. The van der Waals surface area contributed by atoms with E-state index in [1.807, 2.05) is 26.0 Å². The monoisotopic (exact) mass is 291 g/mol. The topological polar surface area (TPSA) is 44.5 Å². The molecule has 2 N–H and O–H groups in total. The van der Waals surface area contributed by atoms with Gasteiger partial charge in [0.05, 0.1) is 13.2 Å². The van der Waals surface area contributed by atoms with Crippen LogP contribution in [-0.2, 0) is 0 Å². The van der Waals surface area contributed by atoms with Crippen LogP contribution in [0.15, 0.2) is 35.7 Å². The fraction of sp³-hybridized carbons (Fsp3) is 0.375. The minimum absolute atomic E-state index is 0.173. The van der Waals surface area contributed by atoms with Gasteiger partial charge in [-0.25, -0.2) is 0 Å². The molecule has 0 aliphatic heterocycles. The van der Waals surface area contributed by atoms with Crippen molar-refractivity contribution < 1.29 is 9.47 Å². The number of rotatable bonds is 7. The van der Waals surface area contributed by atoms with Gasteiger partial charge in [0.1, 0.15) is 11.5 Å². The second-order valence-electron chi connectivity index (χ2n) is 4.37. The molecule has 0 radical (unpaired) electrons. The second-order valence-corrected chi connectivity index (χ2v) is 5.35. The van der Waals surface area contributed by atoms with Gasteiger partial charge >= 0.3 is 0 Å². The molecule has 2 rings (SSSR count). The van der Waals surface area contributed by atoms with Crippen LogP contribution in [0, 0.1) is 0 Å². The highest BCUT2D eigenvalue weighted by atomic mass is 32.1. The van der Waals surface area contributed by atoms with Crippen molar-refractivity contribution in [1.29, 1.82) is 0 Å². The SMILES string of the molecule is CCOc1ccc(C(CN)c2cccs2)c(OCC)c1. The number of ether oxygens (including phenoxy) is 2. The molecule has 1 unspecified atom stereocenters. The predicted molar refractivity (Wildman–Crippen MR) is 84.0 cm³/mol. The molecule has 0 saturated heterocycles.